The van der Waals surface area contributed by atoms with E-state index in [1.54, 1.807) is 6.07 Å². The molecule has 0 radical (unpaired) electrons. The molecule has 1 aliphatic carbocycles. The number of hydrogen-bond donors (Lipinski definition) is 3. The van der Waals surface area contributed by atoms with Crippen LogP contribution in [0.3, 0.4) is 0 Å². The molecule has 1 aromatic rings. The van der Waals surface area contributed by atoms with Crippen molar-refractivity contribution in [3.8, 4) is 0 Å². The van der Waals surface area contributed by atoms with Crippen molar-refractivity contribution in [2.75, 3.05) is 13.1 Å². The SMILES string of the molecule is CCC1(CNC(=O)c2cccc(S(=O)(=O)NC3CCNC3=O)c2)CCC1. The number of amides is 2. The molecule has 2 amide bonds. The topological polar surface area (TPSA) is 104 Å². The molecule has 8 heteroatoms. The summed E-state index contributed by atoms with van der Waals surface area (Å²) in [4.78, 5) is 24.0. The van der Waals surface area contributed by atoms with Crippen LogP contribution < -0.4 is 15.4 Å². The van der Waals surface area contributed by atoms with Crippen molar-refractivity contribution >= 4 is 21.8 Å². The highest BCUT2D eigenvalue weighted by molar-refractivity contribution is 7.89. The summed E-state index contributed by atoms with van der Waals surface area (Å²) in [6.45, 7) is 3.19. The van der Waals surface area contributed by atoms with Crippen LogP contribution in [0, 0.1) is 5.41 Å². The minimum absolute atomic E-state index is 0.0151. The Bertz CT molecular complexity index is 797. The predicted molar refractivity (Wildman–Crippen MR) is 97.1 cm³/mol. The largest absolute Gasteiger partial charge is 0.355 e. The molecule has 2 aliphatic rings. The molecule has 0 spiro atoms. The van der Waals surface area contributed by atoms with Crippen LogP contribution >= 0.6 is 0 Å². The minimum Gasteiger partial charge on any atom is -0.355 e. The molecule has 1 heterocycles. The molecule has 1 saturated heterocycles. The smallest absolute Gasteiger partial charge is 0.251 e. The van der Waals surface area contributed by atoms with Gasteiger partial charge in [-0.15, -0.1) is 0 Å². The Hall–Kier alpha value is -1.93. The Morgan fingerprint density at radius 2 is 2.12 bits per heavy atom. The zero-order valence-corrected chi connectivity index (χ0v) is 15.7. The lowest BCUT2D eigenvalue weighted by Crippen LogP contribution is -2.42. The first-order chi connectivity index (χ1) is 12.4. The zero-order chi connectivity index (χ0) is 18.8. The average Bonchev–Trinajstić information content (AvgIpc) is 2.98. The summed E-state index contributed by atoms with van der Waals surface area (Å²) in [5.41, 5.74) is 0.492. The van der Waals surface area contributed by atoms with E-state index in [1.165, 1.54) is 24.6 Å². The Balaban J connectivity index is 1.68. The van der Waals surface area contributed by atoms with Gasteiger partial charge in [-0.25, -0.2) is 8.42 Å². The standard InChI is InChI=1S/C18H25N3O4S/c1-2-18(8-4-9-18)12-20-16(22)13-5-3-6-14(11-13)26(24,25)21-15-7-10-19-17(15)23/h3,5-6,11,15,21H,2,4,7-10,12H2,1H3,(H,19,23)(H,20,22). The van der Waals surface area contributed by atoms with E-state index in [-0.39, 0.29) is 22.1 Å². The van der Waals surface area contributed by atoms with Gasteiger partial charge < -0.3 is 10.6 Å². The van der Waals surface area contributed by atoms with Crippen molar-refractivity contribution in [3.05, 3.63) is 29.8 Å². The molecule has 1 aromatic carbocycles. The predicted octanol–water partition coefficient (Wildman–Crippen LogP) is 1.16. The highest BCUT2D eigenvalue weighted by Crippen LogP contribution is 2.43. The van der Waals surface area contributed by atoms with E-state index in [0.29, 0.717) is 25.1 Å². The van der Waals surface area contributed by atoms with Crippen LogP contribution in [0.5, 0.6) is 0 Å². The van der Waals surface area contributed by atoms with Gasteiger partial charge in [0.1, 0.15) is 6.04 Å². The fourth-order valence-electron chi connectivity index (χ4n) is 3.47. The van der Waals surface area contributed by atoms with Crippen LogP contribution in [-0.2, 0) is 14.8 Å². The number of hydrogen-bond acceptors (Lipinski definition) is 4. The molecule has 26 heavy (non-hydrogen) atoms. The monoisotopic (exact) mass is 379 g/mol. The van der Waals surface area contributed by atoms with E-state index in [0.717, 1.165) is 19.3 Å². The molecular formula is C18H25N3O4S. The van der Waals surface area contributed by atoms with Crippen molar-refractivity contribution in [2.45, 2.75) is 50.0 Å². The van der Waals surface area contributed by atoms with Gasteiger partial charge in [-0.05, 0) is 49.3 Å². The molecular weight excluding hydrogens is 354 g/mol. The first-order valence-electron chi connectivity index (χ1n) is 9.04. The third-order valence-corrected chi connectivity index (χ3v) is 7.01. The van der Waals surface area contributed by atoms with Gasteiger partial charge in [-0.1, -0.05) is 19.4 Å². The molecule has 3 rings (SSSR count). The molecule has 7 nitrogen and oxygen atoms in total. The normalized spacial score (nSPS) is 21.7. The number of rotatable bonds is 7. The highest BCUT2D eigenvalue weighted by atomic mass is 32.2. The number of nitrogens with one attached hydrogen (secondary N) is 3. The van der Waals surface area contributed by atoms with Crippen LogP contribution in [0.15, 0.2) is 29.2 Å². The number of carbonyl (C=O) groups is 2. The molecule has 2 fully saturated rings. The summed E-state index contributed by atoms with van der Waals surface area (Å²) in [7, 11) is -3.86. The average molecular weight is 379 g/mol. The highest BCUT2D eigenvalue weighted by Gasteiger charge is 2.35. The van der Waals surface area contributed by atoms with Gasteiger partial charge in [0.05, 0.1) is 4.90 Å². The van der Waals surface area contributed by atoms with E-state index in [4.69, 9.17) is 0 Å². The molecule has 1 atom stereocenters. The molecule has 0 aromatic heterocycles. The van der Waals surface area contributed by atoms with Crippen molar-refractivity contribution in [1.29, 1.82) is 0 Å². The summed E-state index contributed by atoms with van der Waals surface area (Å²) in [5, 5.41) is 5.52. The third kappa shape index (κ3) is 3.91. The van der Waals surface area contributed by atoms with Crippen LogP contribution in [0.2, 0.25) is 0 Å². The fourth-order valence-corrected chi connectivity index (χ4v) is 4.74. The van der Waals surface area contributed by atoms with Crippen molar-refractivity contribution in [1.82, 2.24) is 15.4 Å². The third-order valence-electron chi connectivity index (χ3n) is 5.54. The molecule has 1 aliphatic heterocycles. The summed E-state index contributed by atoms with van der Waals surface area (Å²) in [6.07, 6.45) is 4.86. The lowest BCUT2D eigenvalue weighted by Gasteiger charge is -2.41. The molecule has 3 N–H and O–H groups in total. The van der Waals surface area contributed by atoms with E-state index in [1.807, 2.05) is 0 Å². The molecule has 1 saturated carbocycles. The van der Waals surface area contributed by atoms with E-state index < -0.39 is 16.1 Å². The van der Waals surface area contributed by atoms with Crippen molar-refractivity contribution < 1.29 is 18.0 Å². The lowest BCUT2D eigenvalue weighted by atomic mass is 9.67. The number of sulfonamides is 1. The Morgan fingerprint density at radius 1 is 1.35 bits per heavy atom. The minimum atomic E-state index is -3.86. The van der Waals surface area contributed by atoms with E-state index in [9.17, 15) is 18.0 Å². The first-order valence-corrected chi connectivity index (χ1v) is 10.5. The van der Waals surface area contributed by atoms with Gasteiger partial charge >= 0.3 is 0 Å². The lowest BCUT2D eigenvalue weighted by molar-refractivity contribution is -0.120. The summed E-state index contributed by atoms with van der Waals surface area (Å²) in [5.74, 6) is -0.604. The quantitative estimate of drug-likeness (QED) is 0.661. The summed E-state index contributed by atoms with van der Waals surface area (Å²) >= 11 is 0. The second-order valence-corrected chi connectivity index (χ2v) is 8.89. The summed E-state index contributed by atoms with van der Waals surface area (Å²) < 4.78 is 27.4. The van der Waals surface area contributed by atoms with Crippen LogP contribution in [0.25, 0.3) is 0 Å². The van der Waals surface area contributed by atoms with Gasteiger partial charge in [0.15, 0.2) is 0 Å². The van der Waals surface area contributed by atoms with Crippen molar-refractivity contribution in [2.24, 2.45) is 5.41 Å². The second-order valence-electron chi connectivity index (χ2n) is 7.17. The van der Waals surface area contributed by atoms with Crippen LogP contribution in [-0.4, -0.2) is 39.4 Å². The Morgan fingerprint density at radius 3 is 2.69 bits per heavy atom. The van der Waals surface area contributed by atoms with E-state index >= 15 is 0 Å². The first kappa shape index (κ1) is 18.8. The number of benzene rings is 1. The van der Waals surface area contributed by atoms with Crippen LogP contribution in [0.1, 0.15) is 49.4 Å². The Kier molecular flexibility index (Phi) is 5.34. The maximum Gasteiger partial charge on any atom is 0.251 e. The molecule has 1 unspecified atom stereocenters. The van der Waals surface area contributed by atoms with Crippen LogP contribution in [0.4, 0.5) is 0 Å². The maximum atomic E-state index is 12.5. The maximum absolute atomic E-state index is 12.5. The summed E-state index contributed by atoms with van der Waals surface area (Å²) in [6, 6.07) is 5.14. The molecule has 0 bridgehead atoms. The van der Waals surface area contributed by atoms with Crippen molar-refractivity contribution in [3.63, 3.8) is 0 Å². The van der Waals surface area contributed by atoms with Gasteiger partial charge in [0, 0.05) is 18.7 Å². The second kappa shape index (κ2) is 7.36. The molecule has 142 valence electrons. The fraction of sp³-hybridized carbons (Fsp3) is 0.556. The van der Waals surface area contributed by atoms with E-state index in [2.05, 4.69) is 22.3 Å². The van der Waals surface area contributed by atoms with Gasteiger partial charge in [0.2, 0.25) is 15.9 Å². The van der Waals surface area contributed by atoms with Gasteiger partial charge in [-0.2, -0.15) is 4.72 Å². The zero-order valence-electron chi connectivity index (χ0n) is 14.9. The van der Waals surface area contributed by atoms with Gasteiger partial charge in [-0.3, -0.25) is 9.59 Å². The Labute approximate surface area is 154 Å². The number of carbonyl (C=O) groups excluding carboxylic acids is 2. The van der Waals surface area contributed by atoms with Gasteiger partial charge in [0.25, 0.3) is 5.91 Å².